The van der Waals surface area contributed by atoms with E-state index in [1.54, 1.807) is 0 Å². The molecule has 0 heterocycles. The second-order valence-corrected chi connectivity index (χ2v) is 7.88. The zero-order valence-corrected chi connectivity index (χ0v) is 14.5. The molecule has 0 aromatic carbocycles. The SMILES string of the molecule is C=CC(=O)OCC[Si](OC(C)C)(OC(C)C)OC(C)C. The molecule has 0 saturated heterocycles. The van der Waals surface area contributed by atoms with E-state index in [-0.39, 0.29) is 24.9 Å². The highest BCUT2D eigenvalue weighted by Crippen LogP contribution is 2.22. The first kappa shape index (κ1) is 19.3. The maximum atomic E-state index is 11.1. The van der Waals surface area contributed by atoms with Crippen molar-refractivity contribution in [3.05, 3.63) is 12.7 Å². The highest BCUT2D eigenvalue weighted by molar-refractivity contribution is 6.61. The third kappa shape index (κ3) is 8.47. The third-order valence-electron chi connectivity index (χ3n) is 2.07. The lowest BCUT2D eigenvalue weighted by Crippen LogP contribution is -2.51. The van der Waals surface area contributed by atoms with Crippen molar-refractivity contribution in [1.82, 2.24) is 0 Å². The van der Waals surface area contributed by atoms with Crippen molar-refractivity contribution < 1.29 is 22.8 Å². The van der Waals surface area contributed by atoms with E-state index in [1.165, 1.54) is 0 Å². The molecule has 0 fully saturated rings. The quantitative estimate of drug-likeness (QED) is 0.353. The molecular weight excluding hydrogens is 276 g/mol. The van der Waals surface area contributed by atoms with Gasteiger partial charge in [-0.1, -0.05) is 6.58 Å². The fourth-order valence-corrected chi connectivity index (χ4v) is 4.70. The summed E-state index contributed by atoms with van der Waals surface area (Å²) in [4.78, 5) is 11.1. The summed E-state index contributed by atoms with van der Waals surface area (Å²) in [5.74, 6) is -0.452. The van der Waals surface area contributed by atoms with Crippen LogP contribution in [0, 0.1) is 0 Å². The van der Waals surface area contributed by atoms with Crippen LogP contribution in [0.5, 0.6) is 0 Å². The number of rotatable bonds is 10. The first-order valence-electron chi connectivity index (χ1n) is 7.03. The van der Waals surface area contributed by atoms with Crippen molar-refractivity contribution >= 4 is 14.8 Å². The minimum atomic E-state index is -2.88. The van der Waals surface area contributed by atoms with E-state index in [9.17, 15) is 4.79 Å². The van der Waals surface area contributed by atoms with Gasteiger partial charge < -0.3 is 18.0 Å². The minimum Gasteiger partial charge on any atom is -0.463 e. The largest absolute Gasteiger partial charge is 0.505 e. The zero-order chi connectivity index (χ0) is 15.8. The number of ether oxygens (including phenoxy) is 1. The Kier molecular flexibility index (Phi) is 8.96. The minimum absolute atomic E-state index is 0.0192. The van der Waals surface area contributed by atoms with Crippen LogP contribution in [0.15, 0.2) is 12.7 Å². The molecule has 5 nitrogen and oxygen atoms in total. The van der Waals surface area contributed by atoms with Gasteiger partial charge in [-0.2, -0.15) is 0 Å². The van der Waals surface area contributed by atoms with Crippen LogP contribution in [0.1, 0.15) is 41.5 Å². The molecule has 0 aliphatic heterocycles. The van der Waals surface area contributed by atoms with E-state index in [0.29, 0.717) is 6.04 Å². The molecule has 0 bridgehead atoms. The van der Waals surface area contributed by atoms with Gasteiger partial charge in [0, 0.05) is 24.4 Å². The van der Waals surface area contributed by atoms with Crippen LogP contribution in [0.3, 0.4) is 0 Å². The van der Waals surface area contributed by atoms with Crippen LogP contribution in [-0.4, -0.2) is 39.7 Å². The second-order valence-electron chi connectivity index (χ2n) is 5.30. The average Bonchev–Trinajstić information content (AvgIpc) is 2.25. The van der Waals surface area contributed by atoms with Crippen molar-refractivity contribution in [2.45, 2.75) is 65.9 Å². The number of carbonyl (C=O) groups excluding carboxylic acids is 1. The van der Waals surface area contributed by atoms with Gasteiger partial charge in [-0.3, -0.25) is 0 Å². The summed E-state index contributed by atoms with van der Waals surface area (Å²) in [5.41, 5.74) is 0. The highest BCUT2D eigenvalue weighted by atomic mass is 28.4. The van der Waals surface area contributed by atoms with Crippen LogP contribution < -0.4 is 0 Å². The van der Waals surface area contributed by atoms with Crippen LogP contribution in [-0.2, 0) is 22.8 Å². The van der Waals surface area contributed by atoms with Crippen LogP contribution in [0.25, 0.3) is 0 Å². The first-order chi connectivity index (χ1) is 9.20. The molecule has 0 radical (unpaired) electrons. The van der Waals surface area contributed by atoms with Crippen LogP contribution in [0.2, 0.25) is 6.04 Å². The lowest BCUT2D eigenvalue weighted by molar-refractivity contribution is -0.137. The lowest BCUT2D eigenvalue weighted by atomic mass is 10.5. The number of hydrogen-bond acceptors (Lipinski definition) is 5. The van der Waals surface area contributed by atoms with Gasteiger partial charge in [-0.15, -0.1) is 0 Å². The predicted molar refractivity (Wildman–Crippen MR) is 80.4 cm³/mol. The van der Waals surface area contributed by atoms with Crippen LogP contribution >= 0.6 is 0 Å². The van der Waals surface area contributed by atoms with Crippen molar-refractivity contribution in [3.63, 3.8) is 0 Å². The molecular formula is C14H28O5Si. The Labute approximate surface area is 123 Å². The molecule has 20 heavy (non-hydrogen) atoms. The molecule has 0 aromatic rings. The molecule has 0 aliphatic carbocycles. The van der Waals surface area contributed by atoms with Crippen molar-refractivity contribution in [1.29, 1.82) is 0 Å². The molecule has 0 aromatic heterocycles. The Morgan fingerprint density at radius 1 is 1.00 bits per heavy atom. The second kappa shape index (κ2) is 9.28. The fourth-order valence-electron chi connectivity index (χ4n) is 1.67. The van der Waals surface area contributed by atoms with E-state index in [0.717, 1.165) is 6.08 Å². The Morgan fingerprint density at radius 2 is 1.40 bits per heavy atom. The van der Waals surface area contributed by atoms with Gasteiger partial charge >= 0.3 is 14.8 Å². The van der Waals surface area contributed by atoms with Crippen LogP contribution in [0.4, 0.5) is 0 Å². The van der Waals surface area contributed by atoms with E-state index in [1.807, 2.05) is 41.5 Å². The van der Waals surface area contributed by atoms with Crippen molar-refractivity contribution in [3.8, 4) is 0 Å². The summed E-state index contributed by atoms with van der Waals surface area (Å²) >= 11 is 0. The molecule has 0 unspecified atom stereocenters. The molecule has 0 amide bonds. The fraction of sp³-hybridized carbons (Fsp3) is 0.786. The molecule has 0 rings (SSSR count). The summed E-state index contributed by atoms with van der Waals surface area (Å²) in [6.45, 7) is 15.2. The molecule has 0 saturated carbocycles. The third-order valence-corrected chi connectivity index (χ3v) is 5.37. The molecule has 118 valence electrons. The average molecular weight is 304 g/mol. The van der Waals surface area contributed by atoms with Gasteiger partial charge in [0.05, 0.1) is 12.7 Å². The molecule has 0 atom stereocenters. The maximum absolute atomic E-state index is 11.1. The highest BCUT2D eigenvalue weighted by Gasteiger charge is 2.44. The van der Waals surface area contributed by atoms with Crippen molar-refractivity contribution in [2.24, 2.45) is 0 Å². The van der Waals surface area contributed by atoms with E-state index in [4.69, 9.17) is 18.0 Å². The number of carbonyl (C=O) groups is 1. The monoisotopic (exact) mass is 304 g/mol. The summed E-state index contributed by atoms with van der Waals surface area (Å²) in [5, 5.41) is 0. The van der Waals surface area contributed by atoms with E-state index >= 15 is 0 Å². The van der Waals surface area contributed by atoms with Gasteiger partial charge in [-0.25, -0.2) is 4.79 Å². The summed E-state index contributed by atoms with van der Waals surface area (Å²) in [6.07, 6.45) is 1.08. The van der Waals surface area contributed by atoms with Gasteiger partial charge in [0.2, 0.25) is 0 Å². The van der Waals surface area contributed by atoms with Gasteiger partial charge in [-0.05, 0) is 41.5 Å². The Hall–Kier alpha value is -0.693. The molecule has 6 heteroatoms. The van der Waals surface area contributed by atoms with E-state index < -0.39 is 14.8 Å². The smallest absolute Gasteiger partial charge is 0.463 e. The molecule has 0 aliphatic rings. The summed E-state index contributed by atoms with van der Waals surface area (Å²) in [7, 11) is -2.88. The normalized spacial score (nSPS) is 12.2. The van der Waals surface area contributed by atoms with Gasteiger partial charge in [0.15, 0.2) is 0 Å². The topological polar surface area (TPSA) is 54.0 Å². The summed E-state index contributed by atoms with van der Waals surface area (Å²) < 4.78 is 22.9. The number of hydrogen-bond donors (Lipinski definition) is 0. The Bertz CT molecular complexity index is 275. The lowest BCUT2D eigenvalue weighted by Gasteiger charge is -2.34. The Morgan fingerprint density at radius 3 is 1.70 bits per heavy atom. The summed E-state index contributed by atoms with van der Waals surface area (Å²) in [6, 6.07) is 0.432. The molecule has 0 N–H and O–H groups in total. The maximum Gasteiger partial charge on any atom is 0.505 e. The van der Waals surface area contributed by atoms with Gasteiger partial charge in [0.1, 0.15) is 0 Å². The first-order valence-corrected chi connectivity index (χ1v) is 8.96. The Balaban J connectivity index is 4.85. The standard InChI is InChI=1S/C14H28O5Si/c1-8-14(15)16-9-10-20(17-11(2)3,18-12(4)5)19-13(6)7/h8,11-13H,1,9-10H2,2-7H3. The van der Waals surface area contributed by atoms with E-state index in [2.05, 4.69) is 6.58 Å². The number of esters is 1. The van der Waals surface area contributed by atoms with Gasteiger partial charge in [0.25, 0.3) is 0 Å². The zero-order valence-electron chi connectivity index (χ0n) is 13.5. The van der Waals surface area contributed by atoms with Crippen molar-refractivity contribution in [2.75, 3.05) is 6.61 Å². The molecule has 0 spiro atoms. The predicted octanol–water partition coefficient (Wildman–Crippen LogP) is 2.93.